The molecule has 0 atom stereocenters. The van der Waals surface area contributed by atoms with Gasteiger partial charge in [-0.25, -0.2) is 9.97 Å². The van der Waals surface area contributed by atoms with E-state index in [9.17, 15) is 4.79 Å². The zero-order valence-corrected chi connectivity index (χ0v) is 16.6. The van der Waals surface area contributed by atoms with E-state index in [2.05, 4.69) is 51.4 Å². The van der Waals surface area contributed by atoms with E-state index >= 15 is 0 Å². The molecular formula is C23H25N5O. The van der Waals surface area contributed by atoms with E-state index in [4.69, 9.17) is 0 Å². The van der Waals surface area contributed by atoms with Crippen molar-refractivity contribution in [3.05, 3.63) is 78.2 Å². The van der Waals surface area contributed by atoms with E-state index in [-0.39, 0.29) is 5.91 Å². The minimum absolute atomic E-state index is 0.0514. The molecule has 3 aromatic rings. The lowest BCUT2D eigenvalue weighted by atomic mass is 10.1. The molecule has 4 rings (SSSR count). The van der Waals surface area contributed by atoms with Gasteiger partial charge in [-0.1, -0.05) is 37.3 Å². The average Bonchev–Trinajstić information content (AvgIpc) is 2.80. The van der Waals surface area contributed by atoms with Crippen LogP contribution in [-0.2, 0) is 6.42 Å². The number of carbonyl (C=O) groups is 1. The smallest absolute Gasteiger partial charge is 0.272 e. The minimum Gasteiger partial charge on any atom is -0.368 e. The van der Waals surface area contributed by atoms with Gasteiger partial charge in [0.2, 0.25) is 0 Å². The molecule has 6 nitrogen and oxygen atoms in total. The Hall–Kier alpha value is -3.41. The molecule has 0 aliphatic carbocycles. The highest BCUT2D eigenvalue weighted by atomic mass is 16.2. The lowest BCUT2D eigenvalue weighted by Crippen LogP contribution is -2.49. The van der Waals surface area contributed by atoms with Crippen molar-refractivity contribution in [2.24, 2.45) is 0 Å². The molecule has 2 heterocycles. The molecule has 148 valence electrons. The van der Waals surface area contributed by atoms with Gasteiger partial charge in [0.15, 0.2) is 0 Å². The summed E-state index contributed by atoms with van der Waals surface area (Å²) >= 11 is 0. The third kappa shape index (κ3) is 4.54. The van der Waals surface area contributed by atoms with Gasteiger partial charge in [0, 0.05) is 43.6 Å². The Bertz CT molecular complexity index is 951. The molecule has 0 bridgehead atoms. The second-order valence-corrected chi connectivity index (χ2v) is 7.08. The number of para-hydroxylation sites is 1. The number of hydrogen-bond acceptors (Lipinski definition) is 5. The van der Waals surface area contributed by atoms with E-state index in [0.717, 1.165) is 25.2 Å². The number of piperazine rings is 1. The van der Waals surface area contributed by atoms with Crippen LogP contribution in [0.3, 0.4) is 0 Å². The fourth-order valence-electron chi connectivity index (χ4n) is 3.48. The Morgan fingerprint density at radius 1 is 0.966 bits per heavy atom. The van der Waals surface area contributed by atoms with E-state index in [0.29, 0.717) is 24.6 Å². The van der Waals surface area contributed by atoms with Gasteiger partial charge in [0.05, 0.1) is 0 Å². The molecule has 0 spiro atoms. The highest BCUT2D eigenvalue weighted by Crippen LogP contribution is 2.18. The van der Waals surface area contributed by atoms with Gasteiger partial charge in [-0.3, -0.25) is 4.79 Å². The van der Waals surface area contributed by atoms with Crippen LogP contribution in [0.25, 0.3) is 0 Å². The van der Waals surface area contributed by atoms with Crippen molar-refractivity contribution in [1.82, 2.24) is 14.9 Å². The Morgan fingerprint density at radius 3 is 2.38 bits per heavy atom. The second-order valence-electron chi connectivity index (χ2n) is 7.08. The van der Waals surface area contributed by atoms with E-state index in [1.807, 2.05) is 35.2 Å². The summed E-state index contributed by atoms with van der Waals surface area (Å²) in [7, 11) is 0. The third-order valence-electron chi connectivity index (χ3n) is 5.21. The second kappa shape index (κ2) is 8.73. The van der Waals surface area contributed by atoms with Crippen LogP contribution in [-0.4, -0.2) is 47.0 Å². The fourth-order valence-corrected chi connectivity index (χ4v) is 3.48. The van der Waals surface area contributed by atoms with Crippen LogP contribution in [0.15, 0.2) is 67.0 Å². The van der Waals surface area contributed by atoms with Crippen molar-refractivity contribution in [2.45, 2.75) is 13.3 Å². The Morgan fingerprint density at radius 2 is 1.69 bits per heavy atom. The first-order valence-electron chi connectivity index (χ1n) is 10.00. The summed E-state index contributed by atoms with van der Waals surface area (Å²) in [5, 5.41) is 3.25. The van der Waals surface area contributed by atoms with Gasteiger partial charge in [-0.05, 0) is 36.2 Å². The molecule has 1 fully saturated rings. The van der Waals surface area contributed by atoms with Crippen LogP contribution in [0.5, 0.6) is 0 Å². The first kappa shape index (κ1) is 18.9. The maximum atomic E-state index is 12.9. The Balaban J connectivity index is 1.39. The third-order valence-corrected chi connectivity index (χ3v) is 5.21. The SMILES string of the molecule is CCc1ccc(Nc2cc(C(=O)N3CCN(c4ccccc4)CC3)ncn2)cc1. The molecule has 2 aromatic carbocycles. The van der Waals surface area contributed by atoms with Crippen LogP contribution in [0, 0.1) is 0 Å². The normalized spacial score (nSPS) is 14.0. The lowest BCUT2D eigenvalue weighted by molar-refractivity contribution is 0.0740. The predicted molar refractivity (Wildman–Crippen MR) is 116 cm³/mol. The average molecular weight is 387 g/mol. The first-order valence-corrected chi connectivity index (χ1v) is 10.00. The molecule has 0 saturated carbocycles. The zero-order chi connectivity index (χ0) is 20.1. The lowest BCUT2D eigenvalue weighted by Gasteiger charge is -2.36. The van der Waals surface area contributed by atoms with Crippen LogP contribution in [0.1, 0.15) is 23.0 Å². The number of aryl methyl sites for hydroxylation is 1. The first-order chi connectivity index (χ1) is 14.2. The maximum Gasteiger partial charge on any atom is 0.272 e. The highest BCUT2D eigenvalue weighted by molar-refractivity contribution is 5.93. The number of hydrogen-bond donors (Lipinski definition) is 1. The number of nitrogens with zero attached hydrogens (tertiary/aromatic N) is 4. The topological polar surface area (TPSA) is 61.4 Å². The van der Waals surface area contributed by atoms with Gasteiger partial charge in [0.1, 0.15) is 17.8 Å². The summed E-state index contributed by atoms with van der Waals surface area (Å²) in [6, 6.07) is 20.2. The quantitative estimate of drug-likeness (QED) is 0.723. The molecular weight excluding hydrogens is 362 g/mol. The minimum atomic E-state index is -0.0514. The largest absolute Gasteiger partial charge is 0.368 e. The molecule has 29 heavy (non-hydrogen) atoms. The van der Waals surface area contributed by atoms with E-state index in [1.165, 1.54) is 17.6 Å². The summed E-state index contributed by atoms with van der Waals surface area (Å²) in [5.41, 5.74) is 3.84. The number of aromatic nitrogens is 2. The summed E-state index contributed by atoms with van der Waals surface area (Å²) in [6.45, 7) is 5.12. The van der Waals surface area contributed by atoms with Gasteiger partial charge in [-0.2, -0.15) is 0 Å². The molecule has 1 aromatic heterocycles. The van der Waals surface area contributed by atoms with Crippen LogP contribution in [0.2, 0.25) is 0 Å². The van der Waals surface area contributed by atoms with Crippen molar-refractivity contribution in [2.75, 3.05) is 36.4 Å². The molecule has 1 aliphatic heterocycles. The van der Waals surface area contributed by atoms with Crippen molar-refractivity contribution in [3.63, 3.8) is 0 Å². The van der Waals surface area contributed by atoms with Gasteiger partial charge in [0.25, 0.3) is 5.91 Å². The summed E-state index contributed by atoms with van der Waals surface area (Å²) in [6.07, 6.45) is 2.44. The molecule has 1 N–H and O–H groups in total. The molecule has 0 unspecified atom stereocenters. The number of anilines is 3. The highest BCUT2D eigenvalue weighted by Gasteiger charge is 2.23. The number of amides is 1. The zero-order valence-electron chi connectivity index (χ0n) is 16.6. The monoisotopic (exact) mass is 387 g/mol. The van der Waals surface area contributed by atoms with Crippen molar-refractivity contribution < 1.29 is 4.79 Å². The van der Waals surface area contributed by atoms with Gasteiger partial charge in [-0.15, -0.1) is 0 Å². The Kier molecular flexibility index (Phi) is 5.70. The molecule has 1 amide bonds. The van der Waals surface area contributed by atoms with Crippen molar-refractivity contribution >= 4 is 23.1 Å². The standard InChI is InChI=1S/C23H25N5O/c1-2-18-8-10-19(11-9-18)26-22-16-21(24-17-25-22)23(29)28-14-12-27(13-15-28)20-6-4-3-5-7-20/h3-11,16-17H,2,12-15H2,1H3,(H,24,25,26). The predicted octanol–water partition coefficient (Wildman–Crippen LogP) is 3.75. The number of benzene rings is 2. The molecule has 6 heteroatoms. The Labute approximate surface area is 171 Å². The van der Waals surface area contributed by atoms with Gasteiger partial charge >= 0.3 is 0 Å². The van der Waals surface area contributed by atoms with E-state index < -0.39 is 0 Å². The summed E-state index contributed by atoms with van der Waals surface area (Å²) < 4.78 is 0. The summed E-state index contributed by atoms with van der Waals surface area (Å²) in [4.78, 5) is 25.5. The summed E-state index contributed by atoms with van der Waals surface area (Å²) in [5.74, 6) is 0.569. The maximum absolute atomic E-state index is 12.9. The van der Waals surface area contributed by atoms with Crippen molar-refractivity contribution in [1.29, 1.82) is 0 Å². The molecule has 1 aliphatic rings. The fraction of sp³-hybridized carbons (Fsp3) is 0.261. The van der Waals surface area contributed by atoms with Crippen molar-refractivity contribution in [3.8, 4) is 0 Å². The number of carbonyl (C=O) groups excluding carboxylic acids is 1. The van der Waals surface area contributed by atoms with E-state index in [1.54, 1.807) is 6.07 Å². The molecule has 0 radical (unpaired) electrons. The van der Waals surface area contributed by atoms with Gasteiger partial charge < -0.3 is 15.1 Å². The van der Waals surface area contributed by atoms with Crippen LogP contribution in [0.4, 0.5) is 17.2 Å². The molecule has 1 saturated heterocycles. The number of nitrogens with one attached hydrogen (secondary N) is 1. The van der Waals surface area contributed by atoms with Crippen LogP contribution >= 0.6 is 0 Å². The number of rotatable bonds is 5. The van der Waals surface area contributed by atoms with Crippen LogP contribution < -0.4 is 10.2 Å².